The Morgan fingerprint density at radius 2 is 1.92 bits per heavy atom. The largest absolute Gasteiger partial charge is 0.343 e. The normalized spacial score (nSPS) is 13.6. The molecule has 0 bridgehead atoms. The van der Waals surface area contributed by atoms with Crippen molar-refractivity contribution in [3.8, 4) is 12.1 Å². The zero-order chi connectivity index (χ0) is 10.4. The van der Waals surface area contributed by atoms with Gasteiger partial charge in [-0.25, -0.2) is 0 Å². The zero-order valence-corrected chi connectivity index (χ0v) is 8.11. The smallest absolute Gasteiger partial charge is 0.239 e. The Morgan fingerprint density at radius 3 is 2.31 bits per heavy atom. The summed E-state index contributed by atoms with van der Waals surface area (Å²) in [4.78, 5) is 12.7. The van der Waals surface area contributed by atoms with Gasteiger partial charge in [0.25, 0.3) is 0 Å². The van der Waals surface area contributed by atoms with Gasteiger partial charge in [0.15, 0.2) is 0 Å². The maximum absolute atomic E-state index is 11.3. The van der Waals surface area contributed by atoms with E-state index in [-0.39, 0.29) is 11.8 Å². The van der Waals surface area contributed by atoms with Crippen molar-refractivity contribution in [2.45, 2.75) is 13.8 Å². The molecule has 4 nitrogen and oxygen atoms in total. The number of carbonyl (C=O) groups excluding carboxylic acids is 1. The quantitative estimate of drug-likeness (QED) is 0.642. The molecule has 0 saturated heterocycles. The molecule has 0 radical (unpaired) electrons. The van der Waals surface area contributed by atoms with E-state index in [1.807, 2.05) is 12.1 Å². The number of hydrogen-bond acceptors (Lipinski definition) is 3. The highest BCUT2D eigenvalue weighted by molar-refractivity contribution is 5.80. The summed E-state index contributed by atoms with van der Waals surface area (Å²) in [5.41, 5.74) is 0. The van der Waals surface area contributed by atoms with E-state index in [4.69, 9.17) is 10.5 Å². The van der Waals surface area contributed by atoms with E-state index >= 15 is 0 Å². The Bertz CT molecular complexity index is 261. The van der Waals surface area contributed by atoms with Crippen LogP contribution in [0.1, 0.15) is 13.8 Å². The molecule has 0 saturated carbocycles. The van der Waals surface area contributed by atoms with Crippen LogP contribution in [0.5, 0.6) is 0 Å². The molecule has 0 heterocycles. The fourth-order valence-electron chi connectivity index (χ4n) is 0.927. The lowest BCUT2D eigenvalue weighted by Gasteiger charge is -2.18. The molecule has 0 aliphatic rings. The third-order valence-electron chi connectivity index (χ3n) is 1.71. The third-order valence-corrected chi connectivity index (χ3v) is 1.71. The molecule has 2 unspecified atom stereocenters. The molecule has 13 heavy (non-hydrogen) atoms. The molecule has 0 aromatic carbocycles. The van der Waals surface area contributed by atoms with Crippen molar-refractivity contribution >= 4 is 5.91 Å². The standard InChI is InChI=1S/C9H13N3O/c1-7(4-10)6-12(3)9(13)8(2)5-11/h7-8H,6H2,1-3H3. The maximum Gasteiger partial charge on any atom is 0.239 e. The van der Waals surface area contributed by atoms with E-state index in [0.29, 0.717) is 6.54 Å². The summed E-state index contributed by atoms with van der Waals surface area (Å²) in [6, 6.07) is 3.89. The number of nitrogens with zero attached hydrogens (tertiary/aromatic N) is 3. The van der Waals surface area contributed by atoms with E-state index < -0.39 is 5.92 Å². The van der Waals surface area contributed by atoms with Gasteiger partial charge in [0.05, 0.1) is 18.1 Å². The van der Waals surface area contributed by atoms with Gasteiger partial charge in [-0.1, -0.05) is 0 Å². The number of amides is 1. The van der Waals surface area contributed by atoms with E-state index in [1.165, 1.54) is 4.90 Å². The van der Waals surface area contributed by atoms with Gasteiger partial charge in [0.2, 0.25) is 5.91 Å². The van der Waals surface area contributed by atoms with E-state index in [1.54, 1.807) is 20.9 Å². The first-order valence-electron chi connectivity index (χ1n) is 4.07. The molecule has 1 amide bonds. The minimum atomic E-state index is -0.629. The number of rotatable bonds is 3. The number of carbonyl (C=O) groups is 1. The van der Waals surface area contributed by atoms with Crippen molar-refractivity contribution in [3.05, 3.63) is 0 Å². The lowest BCUT2D eigenvalue weighted by atomic mass is 10.1. The van der Waals surface area contributed by atoms with E-state index in [9.17, 15) is 4.79 Å². The van der Waals surface area contributed by atoms with Gasteiger partial charge in [-0.3, -0.25) is 4.79 Å². The van der Waals surface area contributed by atoms with E-state index in [2.05, 4.69) is 0 Å². The second kappa shape index (κ2) is 5.16. The maximum atomic E-state index is 11.3. The van der Waals surface area contributed by atoms with Crippen LogP contribution in [0, 0.1) is 34.5 Å². The van der Waals surface area contributed by atoms with Crippen LogP contribution in [0.25, 0.3) is 0 Å². The first-order chi connectivity index (χ1) is 6.02. The first kappa shape index (κ1) is 11.4. The predicted molar refractivity (Wildman–Crippen MR) is 47.2 cm³/mol. The zero-order valence-electron chi connectivity index (χ0n) is 8.11. The Kier molecular flexibility index (Phi) is 4.54. The third kappa shape index (κ3) is 3.57. The predicted octanol–water partition coefficient (Wildman–Crippen LogP) is 0.764. The lowest BCUT2D eigenvalue weighted by molar-refractivity contribution is -0.132. The van der Waals surface area contributed by atoms with Gasteiger partial charge in [-0.05, 0) is 13.8 Å². The second-order valence-electron chi connectivity index (χ2n) is 3.10. The summed E-state index contributed by atoms with van der Waals surface area (Å²) in [6.45, 7) is 3.66. The fourth-order valence-corrected chi connectivity index (χ4v) is 0.927. The van der Waals surface area contributed by atoms with Gasteiger partial charge in [-0.15, -0.1) is 0 Å². The highest BCUT2D eigenvalue weighted by Crippen LogP contribution is 2.02. The van der Waals surface area contributed by atoms with E-state index in [0.717, 1.165) is 0 Å². The van der Waals surface area contributed by atoms with Gasteiger partial charge >= 0.3 is 0 Å². The summed E-state index contributed by atoms with van der Waals surface area (Å²) in [7, 11) is 1.60. The molecule has 0 rings (SSSR count). The van der Waals surface area contributed by atoms with Crippen LogP contribution in [0.4, 0.5) is 0 Å². The van der Waals surface area contributed by atoms with Crippen LogP contribution in [-0.4, -0.2) is 24.4 Å². The summed E-state index contributed by atoms with van der Waals surface area (Å²) >= 11 is 0. The minimum Gasteiger partial charge on any atom is -0.343 e. The van der Waals surface area contributed by atoms with Crippen molar-refractivity contribution < 1.29 is 4.79 Å². The van der Waals surface area contributed by atoms with Gasteiger partial charge in [0.1, 0.15) is 5.92 Å². The van der Waals surface area contributed by atoms with Crippen molar-refractivity contribution in [2.75, 3.05) is 13.6 Å². The van der Waals surface area contributed by atoms with Crippen LogP contribution in [0.15, 0.2) is 0 Å². The van der Waals surface area contributed by atoms with Crippen molar-refractivity contribution in [1.29, 1.82) is 10.5 Å². The molecule has 0 aromatic heterocycles. The van der Waals surface area contributed by atoms with Crippen LogP contribution >= 0.6 is 0 Å². The van der Waals surface area contributed by atoms with Crippen LogP contribution in [-0.2, 0) is 4.79 Å². The van der Waals surface area contributed by atoms with Crippen LogP contribution in [0.2, 0.25) is 0 Å². The fraction of sp³-hybridized carbons (Fsp3) is 0.667. The molecule has 0 aromatic rings. The summed E-state index contributed by atoms with van der Waals surface area (Å²) in [5.74, 6) is -1.06. The van der Waals surface area contributed by atoms with Crippen molar-refractivity contribution in [2.24, 2.45) is 11.8 Å². The molecular formula is C9H13N3O. The molecule has 0 N–H and O–H groups in total. The SMILES string of the molecule is CC(C#N)CN(C)C(=O)C(C)C#N. The Morgan fingerprint density at radius 1 is 1.38 bits per heavy atom. The van der Waals surface area contributed by atoms with Gasteiger partial charge in [0, 0.05) is 13.6 Å². The molecule has 2 atom stereocenters. The van der Waals surface area contributed by atoms with Crippen molar-refractivity contribution in [3.63, 3.8) is 0 Å². The Balaban J connectivity index is 4.15. The van der Waals surface area contributed by atoms with Crippen molar-refractivity contribution in [1.82, 2.24) is 4.90 Å². The summed E-state index contributed by atoms with van der Waals surface area (Å²) in [5, 5.41) is 17.0. The monoisotopic (exact) mass is 179 g/mol. The second-order valence-corrected chi connectivity index (χ2v) is 3.10. The van der Waals surface area contributed by atoms with Gasteiger partial charge < -0.3 is 4.90 Å². The average molecular weight is 179 g/mol. The topological polar surface area (TPSA) is 67.9 Å². The Labute approximate surface area is 78.4 Å². The summed E-state index contributed by atoms with van der Waals surface area (Å²) in [6.07, 6.45) is 0. The van der Waals surface area contributed by atoms with Gasteiger partial charge in [-0.2, -0.15) is 10.5 Å². The average Bonchev–Trinajstić information content (AvgIpc) is 2.14. The molecule has 0 aliphatic heterocycles. The van der Waals surface area contributed by atoms with Crippen LogP contribution < -0.4 is 0 Å². The molecule has 70 valence electrons. The first-order valence-corrected chi connectivity index (χ1v) is 4.07. The highest BCUT2D eigenvalue weighted by atomic mass is 16.2. The molecule has 0 fully saturated rings. The molecule has 4 heteroatoms. The molecule has 0 aliphatic carbocycles. The minimum absolute atomic E-state index is 0.195. The highest BCUT2D eigenvalue weighted by Gasteiger charge is 2.17. The molecule has 0 spiro atoms. The lowest BCUT2D eigenvalue weighted by Crippen LogP contribution is -2.34. The Hall–Kier alpha value is -1.55. The van der Waals surface area contributed by atoms with Crippen LogP contribution in [0.3, 0.4) is 0 Å². The molecular weight excluding hydrogens is 166 g/mol. The number of hydrogen-bond donors (Lipinski definition) is 0. The number of nitriles is 2. The summed E-state index contributed by atoms with van der Waals surface area (Å²) < 4.78 is 0.